The van der Waals surface area contributed by atoms with E-state index in [9.17, 15) is 0 Å². The highest BCUT2D eigenvalue weighted by molar-refractivity contribution is 7.09. The summed E-state index contributed by atoms with van der Waals surface area (Å²) >= 11 is 1.65. The van der Waals surface area contributed by atoms with Gasteiger partial charge in [-0.1, -0.05) is 27.7 Å². The van der Waals surface area contributed by atoms with Crippen molar-refractivity contribution in [1.82, 2.24) is 10.3 Å². The third-order valence-corrected chi connectivity index (χ3v) is 5.56. The SMILES string of the molecule is CC(N)c1nc(CNC2C(C)(C)C2(C)C)cs1. The zero-order valence-corrected chi connectivity index (χ0v) is 12.2. The van der Waals surface area contributed by atoms with Crippen molar-refractivity contribution in [3.05, 3.63) is 16.1 Å². The maximum atomic E-state index is 5.81. The van der Waals surface area contributed by atoms with E-state index in [-0.39, 0.29) is 6.04 Å². The van der Waals surface area contributed by atoms with Crippen molar-refractivity contribution in [2.75, 3.05) is 0 Å². The van der Waals surface area contributed by atoms with Crippen LogP contribution in [0.15, 0.2) is 5.38 Å². The van der Waals surface area contributed by atoms with Gasteiger partial charge in [-0.25, -0.2) is 4.98 Å². The van der Waals surface area contributed by atoms with Gasteiger partial charge >= 0.3 is 0 Å². The lowest BCUT2D eigenvalue weighted by molar-refractivity contribution is 0.457. The molecule has 1 saturated carbocycles. The van der Waals surface area contributed by atoms with E-state index in [1.165, 1.54) is 0 Å². The second-order valence-corrected chi connectivity index (χ2v) is 7.11. The van der Waals surface area contributed by atoms with Crippen LogP contribution in [0.1, 0.15) is 51.4 Å². The van der Waals surface area contributed by atoms with Crippen molar-refractivity contribution in [2.24, 2.45) is 16.6 Å². The molecule has 1 unspecified atom stereocenters. The summed E-state index contributed by atoms with van der Waals surface area (Å²) in [5.41, 5.74) is 7.68. The topological polar surface area (TPSA) is 50.9 Å². The van der Waals surface area contributed by atoms with Gasteiger partial charge in [0.15, 0.2) is 0 Å². The van der Waals surface area contributed by atoms with E-state index in [4.69, 9.17) is 5.73 Å². The van der Waals surface area contributed by atoms with Crippen LogP contribution in [-0.4, -0.2) is 11.0 Å². The van der Waals surface area contributed by atoms with Crippen LogP contribution in [0, 0.1) is 10.8 Å². The van der Waals surface area contributed by atoms with Crippen LogP contribution >= 0.6 is 11.3 Å². The summed E-state index contributed by atoms with van der Waals surface area (Å²) in [7, 11) is 0. The van der Waals surface area contributed by atoms with Gasteiger partial charge in [0, 0.05) is 18.0 Å². The normalized spacial score (nSPS) is 23.6. The van der Waals surface area contributed by atoms with E-state index in [1.807, 2.05) is 6.92 Å². The molecule has 1 fully saturated rings. The highest BCUT2D eigenvalue weighted by Gasteiger charge is 2.64. The minimum absolute atomic E-state index is 0.0440. The molecule has 0 aliphatic heterocycles. The van der Waals surface area contributed by atoms with Gasteiger partial charge in [0.05, 0.1) is 11.7 Å². The lowest BCUT2D eigenvalue weighted by atomic mass is 10.0. The van der Waals surface area contributed by atoms with Crippen LogP contribution in [0.2, 0.25) is 0 Å². The molecular formula is C13H23N3S. The van der Waals surface area contributed by atoms with Crippen molar-refractivity contribution in [1.29, 1.82) is 0 Å². The van der Waals surface area contributed by atoms with Crippen LogP contribution in [0.4, 0.5) is 0 Å². The molecule has 3 nitrogen and oxygen atoms in total. The first-order valence-electron chi connectivity index (χ1n) is 6.20. The average Bonchev–Trinajstić information content (AvgIpc) is 2.58. The minimum atomic E-state index is 0.0440. The highest BCUT2D eigenvalue weighted by atomic mass is 32.1. The third kappa shape index (κ3) is 2.14. The lowest BCUT2D eigenvalue weighted by Gasteiger charge is -2.04. The predicted molar refractivity (Wildman–Crippen MR) is 72.9 cm³/mol. The standard InChI is InChI=1S/C13H23N3S/c1-8(14)10-16-9(7-17-10)6-15-11-12(2,3)13(11,4)5/h7-8,11,15H,6,14H2,1-5H3. The summed E-state index contributed by atoms with van der Waals surface area (Å²) in [6.45, 7) is 12.1. The molecule has 1 aliphatic rings. The molecule has 0 bridgehead atoms. The Balaban J connectivity index is 1.91. The number of thiazole rings is 1. The van der Waals surface area contributed by atoms with Gasteiger partial charge in [-0.15, -0.1) is 11.3 Å². The van der Waals surface area contributed by atoms with E-state index < -0.39 is 0 Å². The van der Waals surface area contributed by atoms with E-state index in [2.05, 4.69) is 43.4 Å². The summed E-state index contributed by atoms with van der Waals surface area (Å²) in [6.07, 6.45) is 0. The Hall–Kier alpha value is -0.450. The first-order valence-corrected chi connectivity index (χ1v) is 7.08. The molecule has 1 heterocycles. The number of hydrogen-bond donors (Lipinski definition) is 2. The molecule has 1 aromatic heterocycles. The molecule has 1 aromatic rings. The van der Waals surface area contributed by atoms with Crippen molar-refractivity contribution >= 4 is 11.3 Å². The Bertz CT molecular complexity index is 393. The second kappa shape index (κ2) is 4.04. The summed E-state index contributed by atoms with van der Waals surface area (Å²) in [5, 5.41) is 6.74. The number of nitrogens with one attached hydrogen (secondary N) is 1. The highest BCUT2D eigenvalue weighted by Crippen LogP contribution is 2.62. The Labute approximate surface area is 108 Å². The first kappa shape index (κ1) is 13.0. The Kier molecular flexibility index (Phi) is 3.09. The average molecular weight is 253 g/mol. The van der Waals surface area contributed by atoms with Crippen LogP contribution in [0.25, 0.3) is 0 Å². The molecule has 0 aromatic carbocycles. The van der Waals surface area contributed by atoms with Gasteiger partial charge in [0.25, 0.3) is 0 Å². The second-order valence-electron chi connectivity index (χ2n) is 6.22. The van der Waals surface area contributed by atoms with Crippen molar-refractivity contribution in [2.45, 2.75) is 53.2 Å². The fraction of sp³-hybridized carbons (Fsp3) is 0.769. The Morgan fingerprint density at radius 2 is 2.00 bits per heavy atom. The molecule has 1 aliphatic carbocycles. The van der Waals surface area contributed by atoms with Gasteiger partial charge in [-0.2, -0.15) is 0 Å². The number of aromatic nitrogens is 1. The van der Waals surface area contributed by atoms with Crippen LogP contribution in [-0.2, 0) is 6.54 Å². The first-order chi connectivity index (χ1) is 7.76. The molecule has 3 N–H and O–H groups in total. The van der Waals surface area contributed by atoms with E-state index in [0.29, 0.717) is 16.9 Å². The zero-order chi connectivity index (χ0) is 12.8. The summed E-state index contributed by atoms with van der Waals surface area (Å²) in [4.78, 5) is 4.54. The van der Waals surface area contributed by atoms with Crippen molar-refractivity contribution in [3.63, 3.8) is 0 Å². The maximum absolute atomic E-state index is 5.81. The molecular weight excluding hydrogens is 230 g/mol. The Morgan fingerprint density at radius 3 is 2.41 bits per heavy atom. The zero-order valence-electron chi connectivity index (χ0n) is 11.4. The molecule has 17 heavy (non-hydrogen) atoms. The third-order valence-electron chi connectivity index (χ3n) is 4.47. The quantitative estimate of drug-likeness (QED) is 0.867. The predicted octanol–water partition coefficient (Wildman–Crippen LogP) is 2.69. The lowest BCUT2D eigenvalue weighted by Crippen LogP contribution is -2.22. The fourth-order valence-electron chi connectivity index (χ4n) is 2.53. The van der Waals surface area contributed by atoms with Gasteiger partial charge in [-0.3, -0.25) is 0 Å². The molecule has 0 spiro atoms. The van der Waals surface area contributed by atoms with Gasteiger partial charge in [-0.05, 0) is 17.8 Å². The number of nitrogens with zero attached hydrogens (tertiary/aromatic N) is 1. The van der Waals surface area contributed by atoms with Gasteiger partial charge < -0.3 is 11.1 Å². The maximum Gasteiger partial charge on any atom is 0.109 e. The summed E-state index contributed by atoms with van der Waals surface area (Å²) in [6, 6.07) is 0.623. The van der Waals surface area contributed by atoms with E-state index >= 15 is 0 Å². The molecule has 0 radical (unpaired) electrons. The van der Waals surface area contributed by atoms with Crippen LogP contribution < -0.4 is 11.1 Å². The molecule has 1 atom stereocenters. The van der Waals surface area contributed by atoms with Gasteiger partial charge in [0.2, 0.25) is 0 Å². The molecule has 96 valence electrons. The van der Waals surface area contributed by atoms with Crippen molar-refractivity contribution in [3.8, 4) is 0 Å². The minimum Gasteiger partial charge on any atom is -0.322 e. The van der Waals surface area contributed by atoms with Crippen LogP contribution in [0.3, 0.4) is 0 Å². The number of nitrogens with two attached hydrogens (primary N) is 1. The molecule has 2 rings (SSSR count). The molecule has 4 heteroatoms. The van der Waals surface area contributed by atoms with E-state index in [1.54, 1.807) is 11.3 Å². The summed E-state index contributed by atoms with van der Waals surface area (Å²) < 4.78 is 0. The van der Waals surface area contributed by atoms with E-state index in [0.717, 1.165) is 17.2 Å². The number of hydrogen-bond acceptors (Lipinski definition) is 4. The largest absolute Gasteiger partial charge is 0.322 e. The molecule has 0 amide bonds. The van der Waals surface area contributed by atoms with Gasteiger partial charge in [0.1, 0.15) is 5.01 Å². The monoisotopic (exact) mass is 253 g/mol. The molecule has 0 saturated heterocycles. The van der Waals surface area contributed by atoms with Crippen molar-refractivity contribution < 1.29 is 0 Å². The van der Waals surface area contributed by atoms with Crippen LogP contribution in [0.5, 0.6) is 0 Å². The summed E-state index contributed by atoms with van der Waals surface area (Å²) in [5.74, 6) is 0. The number of rotatable bonds is 4. The smallest absolute Gasteiger partial charge is 0.109 e. The Morgan fingerprint density at radius 1 is 1.41 bits per heavy atom. The fourth-order valence-corrected chi connectivity index (χ4v) is 3.30.